The van der Waals surface area contributed by atoms with E-state index in [0.717, 1.165) is 30.5 Å². The number of nitrogens with zero attached hydrogens (tertiary/aromatic N) is 3. The van der Waals surface area contributed by atoms with Crippen molar-refractivity contribution in [1.82, 2.24) is 14.8 Å². The lowest BCUT2D eigenvalue weighted by molar-refractivity contribution is -0.152. The normalized spacial score (nSPS) is 20.2. The predicted octanol–water partition coefficient (Wildman–Crippen LogP) is 3.21. The fourth-order valence-corrected chi connectivity index (χ4v) is 4.44. The maximum Gasteiger partial charge on any atom is 0.313 e. The quantitative estimate of drug-likeness (QED) is 0.647. The van der Waals surface area contributed by atoms with Crippen LogP contribution >= 0.6 is 0 Å². The Kier molecular flexibility index (Phi) is 6.73. The van der Waals surface area contributed by atoms with Gasteiger partial charge in [0.05, 0.1) is 17.9 Å². The van der Waals surface area contributed by atoms with Crippen LogP contribution in [0.4, 0.5) is 20.3 Å². The van der Waals surface area contributed by atoms with Crippen molar-refractivity contribution in [2.45, 2.75) is 51.6 Å². The van der Waals surface area contributed by atoms with Crippen molar-refractivity contribution in [3.05, 3.63) is 53.2 Å². The summed E-state index contributed by atoms with van der Waals surface area (Å²) in [6.45, 7) is 5.43. The van der Waals surface area contributed by atoms with Crippen LogP contribution in [0.1, 0.15) is 56.7 Å². The zero-order chi connectivity index (χ0) is 25.4. The molecule has 35 heavy (non-hydrogen) atoms. The molecule has 2 heterocycles. The number of anilines is 2. The first-order valence-electron chi connectivity index (χ1n) is 11.7. The van der Waals surface area contributed by atoms with E-state index in [1.165, 1.54) is 17.2 Å². The Labute approximate surface area is 202 Å². The highest BCUT2D eigenvalue weighted by Gasteiger charge is 2.40. The lowest BCUT2D eigenvalue weighted by atomic mass is 9.97. The van der Waals surface area contributed by atoms with Crippen molar-refractivity contribution in [3.63, 3.8) is 0 Å². The summed E-state index contributed by atoms with van der Waals surface area (Å²) in [5.74, 6) is -3.52. The second kappa shape index (κ2) is 9.59. The van der Waals surface area contributed by atoms with E-state index in [9.17, 15) is 23.2 Å². The van der Waals surface area contributed by atoms with E-state index < -0.39 is 29.5 Å². The molecule has 1 aliphatic carbocycles. The van der Waals surface area contributed by atoms with Crippen molar-refractivity contribution in [3.8, 4) is 0 Å². The number of nitrogen functional groups attached to an aromatic ring is 1. The fourth-order valence-electron chi connectivity index (χ4n) is 4.44. The molecule has 186 valence electrons. The van der Waals surface area contributed by atoms with Crippen molar-refractivity contribution in [2.75, 3.05) is 24.1 Å². The zero-order valence-corrected chi connectivity index (χ0v) is 19.9. The average Bonchev–Trinajstić information content (AvgIpc) is 3.66. The van der Waals surface area contributed by atoms with E-state index in [4.69, 9.17) is 5.73 Å². The molecule has 0 spiro atoms. The number of hydrogen-bond acceptors (Lipinski definition) is 5. The van der Waals surface area contributed by atoms with E-state index in [1.54, 1.807) is 31.7 Å². The average molecular weight is 486 g/mol. The number of hydrogen-bond donors (Lipinski definition) is 2. The van der Waals surface area contributed by atoms with E-state index in [2.05, 4.69) is 10.3 Å². The number of nitrogens with two attached hydrogens (primary N) is 1. The number of benzene rings is 1. The molecule has 2 aromatic rings. The molecule has 2 fully saturated rings. The molecular formula is C25H29F2N5O3. The van der Waals surface area contributed by atoms with Crippen molar-refractivity contribution in [2.24, 2.45) is 5.92 Å². The van der Waals surface area contributed by atoms with Crippen LogP contribution in [0, 0.1) is 17.6 Å². The third-order valence-electron chi connectivity index (χ3n) is 6.52. The van der Waals surface area contributed by atoms with Gasteiger partial charge < -0.3 is 20.9 Å². The maximum atomic E-state index is 14.1. The number of nitrogens with one attached hydrogen (secondary N) is 1. The van der Waals surface area contributed by atoms with Gasteiger partial charge in [0.2, 0.25) is 5.91 Å². The minimum Gasteiger partial charge on any atom is -0.383 e. The monoisotopic (exact) mass is 485 g/mol. The van der Waals surface area contributed by atoms with Gasteiger partial charge in [-0.25, -0.2) is 13.8 Å². The summed E-state index contributed by atoms with van der Waals surface area (Å²) in [5, 5.41) is 2.59. The molecule has 1 saturated heterocycles. The molecule has 1 aromatic heterocycles. The molecule has 2 aliphatic rings. The van der Waals surface area contributed by atoms with Gasteiger partial charge >= 0.3 is 11.8 Å². The number of aromatic nitrogens is 1. The Morgan fingerprint density at radius 2 is 1.80 bits per heavy atom. The molecular weight excluding hydrogens is 456 g/mol. The van der Waals surface area contributed by atoms with Crippen LogP contribution in [0.15, 0.2) is 30.5 Å². The van der Waals surface area contributed by atoms with E-state index in [0.29, 0.717) is 23.0 Å². The van der Waals surface area contributed by atoms with Crippen LogP contribution in [0.2, 0.25) is 0 Å². The molecule has 0 radical (unpaired) electrons. The SMILES string of the molecule is CC(C)C(=O)N1C[C@H](c2ccc(F)c(F)c2)N(C(=O)C(=O)Nc2cnc(N)c(C3CC3)c2)CC1C. The standard InChI is InChI=1S/C25H29F2N5O3/c1-13(2)24(34)31-12-21(16-6-7-19(26)20(27)8-16)32(11-14(31)3)25(35)23(33)30-17-9-18(15-4-5-15)22(28)29-10-17/h6-10,13-15,21H,4-5,11-12H2,1-3H3,(H2,28,29)(H,30,33)/t14?,21-/m1/s1. The molecule has 2 atom stereocenters. The molecule has 1 unspecified atom stereocenters. The molecule has 0 bridgehead atoms. The first-order valence-corrected chi connectivity index (χ1v) is 11.7. The Hall–Kier alpha value is -3.56. The summed E-state index contributed by atoms with van der Waals surface area (Å²) in [7, 11) is 0. The Balaban J connectivity index is 1.60. The number of pyridine rings is 1. The van der Waals surface area contributed by atoms with Gasteiger partial charge in [0.1, 0.15) is 5.82 Å². The number of amides is 3. The molecule has 8 nitrogen and oxygen atoms in total. The first kappa shape index (κ1) is 24.6. The lowest BCUT2D eigenvalue weighted by Crippen LogP contribution is -2.59. The van der Waals surface area contributed by atoms with Crippen LogP contribution in [0.3, 0.4) is 0 Å². The minimum absolute atomic E-state index is 0.0531. The van der Waals surface area contributed by atoms with Gasteiger partial charge in [0.25, 0.3) is 0 Å². The number of piperazine rings is 1. The highest BCUT2D eigenvalue weighted by Crippen LogP contribution is 2.42. The van der Waals surface area contributed by atoms with Crippen LogP contribution in [0.25, 0.3) is 0 Å². The molecule has 3 amide bonds. The first-order chi connectivity index (χ1) is 16.6. The molecule has 1 aliphatic heterocycles. The lowest BCUT2D eigenvalue weighted by Gasteiger charge is -2.45. The van der Waals surface area contributed by atoms with E-state index in [-0.39, 0.29) is 31.0 Å². The van der Waals surface area contributed by atoms with Crippen molar-refractivity contribution < 1.29 is 23.2 Å². The maximum absolute atomic E-state index is 14.1. The second-order valence-electron chi connectivity index (χ2n) is 9.57. The molecule has 1 saturated carbocycles. The summed E-state index contributed by atoms with van der Waals surface area (Å²) in [6, 6.07) is 3.86. The number of halogens is 2. The summed E-state index contributed by atoms with van der Waals surface area (Å²) in [6.07, 6.45) is 3.38. The van der Waals surface area contributed by atoms with Crippen LogP contribution < -0.4 is 11.1 Å². The summed E-state index contributed by atoms with van der Waals surface area (Å²) < 4.78 is 27.6. The largest absolute Gasteiger partial charge is 0.383 e. The summed E-state index contributed by atoms with van der Waals surface area (Å²) in [4.78, 5) is 46.0. The van der Waals surface area contributed by atoms with Crippen molar-refractivity contribution in [1.29, 1.82) is 0 Å². The third-order valence-corrected chi connectivity index (χ3v) is 6.52. The van der Waals surface area contributed by atoms with Crippen LogP contribution in [-0.2, 0) is 14.4 Å². The molecule has 1 aromatic carbocycles. The highest BCUT2D eigenvalue weighted by atomic mass is 19.2. The van der Waals surface area contributed by atoms with E-state index >= 15 is 0 Å². The van der Waals surface area contributed by atoms with Crippen molar-refractivity contribution >= 4 is 29.2 Å². The smallest absolute Gasteiger partial charge is 0.313 e. The Morgan fingerprint density at radius 1 is 1.09 bits per heavy atom. The van der Waals surface area contributed by atoms with E-state index in [1.807, 2.05) is 0 Å². The topological polar surface area (TPSA) is 109 Å². The van der Waals surface area contributed by atoms with Gasteiger partial charge in [0.15, 0.2) is 11.6 Å². The van der Waals surface area contributed by atoms with Gasteiger partial charge in [-0.2, -0.15) is 0 Å². The number of carbonyl (C=O) groups excluding carboxylic acids is 3. The third kappa shape index (κ3) is 5.11. The zero-order valence-electron chi connectivity index (χ0n) is 19.9. The Bertz CT molecular complexity index is 1170. The fraction of sp³-hybridized carbons (Fsp3) is 0.440. The van der Waals surface area contributed by atoms with Gasteiger partial charge in [-0.15, -0.1) is 0 Å². The summed E-state index contributed by atoms with van der Waals surface area (Å²) in [5.41, 5.74) is 7.41. The van der Waals surface area contributed by atoms with Gasteiger partial charge in [-0.3, -0.25) is 14.4 Å². The predicted molar refractivity (Wildman–Crippen MR) is 126 cm³/mol. The van der Waals surface area contributed by atoms with Crippen LogP contribution in [-0.4, -0.2) is 51.6 Å². The van der Waals surface area contributed by atoms with Crippen LogP contribution in [0.5, 0.6) is 0 Å². The van der Waals surface area contributed by atoms with Gasteiger partial charge in [-0.1, -0.05) is 19.9 Å². The van der Waals surface area contributed by atoms with Gasteiger partial charge in [0, 0.05) is 25.0 Å². The molecule has 3 N–H and O–H groups in total. The van der Waals surface area contributed by atoms with Gasteiger partial charge in [-0.05, 0) is 55.0 Å². The highest BCUT2D eigenvalue weighted by molar-refractivity contribution is 6.39. The summed E-state index contributed by atoms with van der Waals surface area (Å²) >= 11 is 0. The Morgan fingerprint density at radius 3 is 2.43 bits per heavy atom. The minimum atomic E-state index is -1.07. The molecule has 10 heteroatoms. The number of carbonyl (C=O) groups is 3. The second-order valence-corrected chi connectivity index (χ2v) is 9.57. The number of rotatable bonds is 4. The molecule has 4 rings (SSSR count).